The Morgan fingerprint density at radius 1 is 0.889 bits per heavy atom. The van der Waals surface area contributed by atoms with Crippen molar-refractivity contribution in [1.82, 2.24) is 16.0 Å². The maximum atomic E-state index is 2.74. The van der Waals surface area contributed by atoms with Crippen LogP contribution in [0, 0.1) is 0 Å². The van der Waals surface area contributed by atoms with Crippen LogP contribution in [0.3, 0.4) is 0 Å². The van der Waals surface area contributed by atoms with Crippen molar-refractivity contribution in [2.45, 2.75) is 65.3 Å². The lowest BCUT2D eigenvalue weighted by Crippen LogP contribution is -2.50. The highest BCUT2D eigenvalue weighted by Gasteiger charge is 2.24. The van der Waals surface area contributed by atoms with E-state index in [9.17, 15) is 0 Å². The van der Waals surface area contributed by atoms with Crippen LogP contribution in [0.5, 0.6) is 0 Å². The maximum Gasteiger partial charge on any atom is 0.0113 e. The molecular weight excluding hydrogens is 222 g/mol. The molecule has 0 radical (unpaired) electrons. The lowest BCUT2D eigenvalue weighted by Gasteiger charge is -2.40. The van der Waals surface area contributed by atoms with Gasteiger partial charge in [-0.25, -0.2) is 0 Å². The van der Waals surface area contributed by atoms with Gasteiger partial charge >= 0.3 is 0 Å². The van der Waals surface area contributed by atoms with Gasteiger partial charge in [0.2, 0.25) is 0 Å². The maximum absolute atomic E-state index is 2.74. The molecule has 1 saturated carbocycles. The van der Waals surface area contributed by atoms with E-state index in [1.807, 2.05) is 0 Å². The van der Waals surface area contributed by atoms with E-state index in [-0.39, 0.29) is 7.58 Å². The summed E-state index contributed by atoms with van der Waals surface area (Å²) in [6, 6.07) is 0.933. The predicted molar refractivity (Wildman–Crippen MR) is 83.7 cm³/mol. The van der Waals surface area contributed by atoms with E-state index in [1.54, 1.807) is 0 Å². The van der Waals surface area contributed by atoms with E-state index in [0.29, 0.717) is 0 Å². The van der Waals surface area contributed by atoms with Gasteiger partial charge < -0.3 is 11.1 Å². The second-order valence-electron chi connectivity index (χ2n) is 5.47. The molecule has 0 amide bonds. The largest absolute Gasteiger partial charge is 0.344 e. The highest BCUT2D eigenvalue weighted by Crippen LogP contribution is 2.23. The topological polar surface area (TPSA) is 41.5 Å². The van der Waals surface area contributed by atoms with E-state index < -0.39 is 0 Å². The van der Waals surface area contributed by atoms with Gasteiger partial charge in [0.1, 0.15) is 0 Å². The zero-order chi connectivity index (χ0) is 12.5. The van der Waals surface area contributed by atoms with Gasteiger partial charge in [0.05, 0.1) is 0 Å². The van der Waals surface area contributed by atoms with Gasteiger partial charge in [-0.2, -0.15) is 0 Å². The average molecular weight is 259 g/mol. The Morgan fingerprint density at radius 2 is 1.39 bits per heavy atom. The second-order valence-corrected chi connectivity index (χ2v) is 5.47. The smallest absolute Gasteiger partial charge is 0.0113 e. The summed E-state index contributed by atoms with van der Waals surface area (Å²) in [6.07, 6.45) is 8.60. The zero-order valence-corrected chi connectivity index (χ0v) is 13.0. The Hall–Kier alpha value is -0.120. The van der Waals surface area contributed by atoms with Crippen molar-refractivity contribution in [3.8, 4) is 0 Å². The summed E-state index contributed by atoms with van der Waals surface area (Å²) in [5.41, 5.74) is 0. The summed E-state index contributed by atoms with van der Waals surface area (Å²) in [7, 11) is 0. The molecule has 1 saturated heterocycles. The Balaban J connectivity index is 0. The lowest BCUT2D eigenvalue weighted by atomic mass is 9.94. The van der Waals surface area contributed by atoms with Crippen molar-refractivity contribution in [3.63, 3.8) is 0 Å². The number of nitrogens with zero attached hydrogens (tertiary/aromatic N) is 2. The van der Waals surface area contributed by atoms with Crippen LogP contribution in [-0.4, -0.2) is 48.6 Å². The summed E-state index contributed by atoms with van der Waals surface area (Å²) < 4.78 is 0. The molecule has 1 aliphatic heterocycles. The minimum Gasteiger partial charge on any atom is -0.344 e. The minimum absolute atomic E-state index is 0. The molecule has 0 unspecified atom stereocenters. The van der Waals surface area contributed by atoms with E-state index in [4.69, 9.17) is 0 Å². The van der Waals surface area contributed by atoms with Gasteiger partial charge in [0.15, 0.2) is 0 Å². The molecule has 3 nitrogen and oxygen atoms in total. The molecule has 112 valence electrons. The molecule has 0 aromatic carbocycles. The summed E-state index contributed by atoms with van der Waals surface area (Å²) >= 11 is 0. The first-order chi connectivity index (χ1) is 8.31. The van der Waals surface area contributed by atoms with Gasteiger partial charge in [-0.05, 0) is 19.4 Å². The number of piperazine rings is 1. The third kappa shape index (κ3) is 6.17. The van der Waals surface area contributed by atoms with E-state index in [2.05, 4.69) is 30.6 Å². The first-order valence-corrected chi connectivity index (χ1v) is 7.78. The van der Waals surface area contributed by atoms with Crippen molar-refractivity contribution in [2.24, 2.45) is 0 Å². The number of hydrogen-bond donors (Lipinski definition) is 1. The van der Waals surface area contributed by atoms with Gasteiger partial charge in [0, 0.05) is 33.6 Å². The van der Waals surface area contributed by atoms with Crippen LogP contribution < -0.4 is 6.15 Å². The molecule has 2 rings (SSSR count). The van der Waals surface area contributed by atoms with Crippen LogP contribution in [0.1, 0.15) is 60.7 Å². The molecule has 0 aromatic heterocycles. The Bertz CT molecular complexity index is 176. The Labute approximate surface area is 116 Å². The fourth-order valence-corrected chi connectivity index (χ4v) is 2.89. The van der Waals surface area contributed by atoms with Crippen LogP contribution in [0.15, 0.2) is 0 Å². The first-order valence-electron chi connectivity index (χ1n) is 7.78. The molecule has 0 atom stereocenters. The molecule has 0 aromatic rings. The molecular formula is C15H37N3. The summed E-state index contributed by atoms with van der Waals surface area (Å²) in [5, 5.41) is 0. The number of likely N-dealkylation sites (N-methyl/N-ethyl adjacent to an activating group) is 1. The van der Waals surface area contributed by atoms with Crippen molar-refractivity contribution >= 4 is 0 Å². The fourth-order valence-electron chi connectivity index (χ4n) is 2.89. The Morgan fingerprint density at radius 3 is 1.83 bits per heavy atom. The van der Waals surface area contributed by atoms with Crippen molar-refractivity contribution < 1.29 is 1.43 Å². The van der Waals surface area contributed by atoms with Gasteiger partial charge in [0.25, 0.3) is 0 Å². The average Bonchev–Trinajstić information content (AvgIpc) is 2.41. The van der Waals surface area contributed by atoms with Crippen LogP contribution in [0.2, 0.25) is 0 Å². The van der Waals surface area contributed by atoms with Gasteiger partial charge in [-0.3, -0.25) is 4.90 Å². The van der Waals surface area contributed by atoms with Crippen molar-refractivity contribution in [2.75, 3.05) is 32.7 Å². The van der Waals surface area contributed by atoms with Crippen LogP contribution in [0.4, 0.5) is 0 Å². The number of rotatable bonds is 2. The monoisotopic (exact) mass is 259 g/mol. The van der Waals surface area contributed by atoms with E-state index in [1.165, 1.54) is 71.2 Å². The fraction of sp³-hybridized carbons (Fsp3) is 1.00. The highest BCUT2D eigenvalue weighted by atomic mass is 15.3. The van der Waals surface area contributed by atoms with Gasteiger partial charge in [-0.1, -0.05) is 46.5 Å². The van der Waals surface area contributed by atoms with Crippen LogP contribution in [0.25, 0.3) is 0 Å². The first kappa shape index (κ1) is 17.9. The molecule has 3 N–H and O–H groups in total. The minimum atomic E-state index is 0. The highest BCUT2D eigenvalue weighted by molar-refractivity contribution is 4.80. The van der Waals surface area contributed by atoms with Crippen molar-refractivity contribution in [1.29, 1.82) is 0 Å². The molecule has 2 fully saturated rings. The summed E-state index contributed by atoms with van der Waals surface area (Å²) in [5.74, 6) is 0. The molecule has 1 heterocycles. The Kier molecular flexibility index (Phi) is 10.7. The quantitative estimate of drug-likeness (QED) is 0.820. The van der Waals surface area contributed by atoms with E-state index in [0.717, 1.165) is 6.04 Å². The summed E-state index contributed by atoms with van der Waals surface area (Å²) in [6.45, 7) is 13.0. The predicted octanol–water partition coefficient (Wildman–Crippen LogP) is 3.78. The summed E-state index contributed by atoms with van der Waals surface area (Å²) in [4.78, 5) is 5.31. The number of hydrogen-bond acceptors (Lipinski definition) is 3. The van der Waals surface area contributed by atoms with Gasteiger partial charge in [-0.15, -0.1) is 0 Å². The van der Waals surface area contributed by atoms with Crippen LogP contribution >= 0.6 is 0 Å². The zero-order valence-electron chi connectivity index (χ0n) is 13.0. The molecule has 1 aliphatic carbocycles. The van der Waals surface area contributed by atoms with Crippen molar-refractivity contribution in [3.05, 3.63) is 0 Å². The SMILES string of the molecule is CCC.CCN1CCN(C2CCCCC2)CC1.N.[HH]. The second kappa shape index (κ2) is 10.8. The normalized spacial score (nSPS) is 22.8. The standard InChI is InChI=1S/C12H24N2.C3H8.H3N.H2/c1-2-13-8-10-14(11-9-13)12-6-4-3-5-7-12;1-3-2;;/h12H,2-11H2,1H3;3H2,1-2H3;1H3;1H. The molecule has 2 aliphatic rings. The van der Waals surface area contributed by atoms with Crippen LogP contribution in [-0.2, 0) is 0 Å². The molecule has 18 heavy (non-hydrogen) atoms. The molecule has 0 spiro atoms. The lowest BCUT2D eigenvalue weighted by molar-refractivity contribution is 0.0817. The van der Waals surface area contributed by atoms with E-state index >= 15 is 0 Å². The molecule has 3 heteroatoms. The molecule has 0 bridgehead atoms. The third-order valence-corrected chi connectivity index (χ3v) is 3.95. The third-order valence-electron chi connectivity index (χ3n) is 3.95.